The van der Waals surface area contributed by atoms with Gasteiger partial charge in [-0.3, -0.25) is 14.2 Å². The van der Waals surface area contributed by atoms with Gasteiger partial charge in [-0.15, -0.1) is 5.06 Å². The van der Waals surface area contributed by atoms with E-state index in [2.05, 4.69) is 20.9 Å². The van der Waals surface area contributed by atoms with Gasteiger partial charge in [-0.2, -0.15) is 4.31 Å². The number of halogens is 3. The molecule has 1 amide bonds. The second-order valence-electron chi connectivity index (χ2n) is 9.49. The van der Waals surface area contributed by atoms with Crippen LogP contribution in [-0.2, 0) is 36.4 Å². The number of sulfonamides is 1. The normalized spacial score (nSPS) is 20.3. The minimum absolute atomic E-state index is 0.0983. The summed E-state index contributed by atoms with van der Waals surface area (Å²) in [6.45, 7) is 3.61. The third-order valence-electron chi connectivity index (χ3n) is 6.69. The van der Waals surface area contributed by atoms with E-state index in [1.807, 2.05) is 24.3 Å². The number of hydroxylamine groups is 2. The number of hydrogen-bond donors (Lipinski definition) is 0. The lowest BCUT2D eigenvalue weighted by Gasteiger charge is -2.33. The number of carbonyl (C=O) groups is 2. The standard InChI is InChI=1S/C25H24BrCl2N5O5S/c1-16(34)38-30-7-9-31(10-8-30)39(36,37)22-15-29-24-32(21-12-19(27)11-20(28)13-21)23(35)25(2,33(22)24)14-17-3-5-18(26)6-4-17/h3-6,11-13,15H,7-10,14H2,1-2H3. The van der Waals surface area contributed by atoms with Crippen molar-refractivity contribution < 1.29 is 22.8 Å². The maximum Gasteiger partial charge on any atom is 0.322 e. The molecule has 206 valence electrons. The quantitative estimate of drug-likeness (QED) is 0.388. The summed E-state index contributed by atoms with van der Waals surface area (Å²) >= 11 is 15.9. The third-order valence-corrected chi connectivity index (χ3v) is 9.52. The number of benzene rings is 2. The fourth-order valence-corrected chi connectivity index (χ4v) is 7.32. The summed E-state index contributed by atoms with van der Waals surface area (Å²) in [6, 6.07) is 12.2. The molecule has 0 N–H and O–H groups in total. The molecule has 3 heterocycles. The molecule has 0 radical (unpaired) electrons. The molecule has 5 rings (SSSR count). The van der Waals surface area contributed by atoms with E-state index < -0.39 is 21.5 Å². The van der Waals surface area contributed by atoms with E-state index >= 15 is 0 Å². The van der Waals surface area contributed by atoms with Crippen molar-refractivity contribution in [1.82, 2.24) is 18.9 Å². The Kier molecular flexibility index (Phi) is 7.55. The van der Waals surface area contributed by atoms with E-state index in [-0.39, 0.29) is 49.5 Å². The molecule has 0 spiro atoms. The fourth-order valence-electron chi connectivity index (χ4n) is 4.93. The smallest absolute Gasteiger partial charge is 0.322 e. The Morgan fingerprint density at radius 3 is 2.28 bits per heavy atom. The fraction of sp³-hybridized carbons (Fsp3) is 0.320. The van der Waals surface area contributed by atoms with Crippen molar-refractivity contribution in [3.05, 3.63) is 68.7 Å². The van der Waals surface area contributed by atoms with E-state index in [4.69, 9.17) is 28.0 Å². The van der Waals surface area contributed by atoms with Gasteiger partial charge >= 0.3 is 5.97 Å². The zero-order valence-electron chi connectivity index (χ0n) is 21.0. The highest BCUT2D eigenvalue weighted by atomic mass is 79.9. The van der Waals surface area contributed by atoms with Crippen LogP contribution in [0, 0.1) is 0 Å². The number of imidazole rings is 1. The zero-order valence-corrected chi connectivity index (χ0v) is 24.9. The van der Waals surface area contributed by atoms with Crippen molar-refractivity contribution in [2.75, 3.05) is 31.1 Å². The first kappa shape index (κ1) is 28.1. The molecule has 39 heavy (non-hydrogen) atoms. The Morgan fingerprint density at radius 1 is 1.08 bits per heavy atom. The van der Waals surface area contributed by atoms with Gasteiger partial charge in [0.2, 0.25) is 5.95 Å². The number of aromatic nitrogens is 2. The van der Waals surface area contributed by atoms with E-state index in [0.29, 0.717) is 15.7 Å². The second-order valence-corrected chi connectivity index (χ2v) is 13.2. The molecule has 0 saturated carbocycles. The van der Waals surface area contributed by atoms with Crippen LogP contribution in [0.1, 0.15) is 19.4 Å². The maximum absolute atomic E-state index is 14.1. The molecule has 2 aliphatic heterocycles. The second kappa shape index (κ2) is 10.5. The molecule has 1 unspecified atom stereocenters. The Balaban J connectivity index is 1.59. The molecule has 1 saturated heterocycles. The number of hydrogen-bond acceptors (Lipinski definition) is 7. The van der Waals surface area contributed by atoms with Gasteiger partial charge in [0.1, 0.15) is 5.54 Å². The summed E-state index contributed by atoms with van der Waals surface area (Å²) in [5, 5.41) is 1.97. The van der Waals surface area contributed by atoms with E-state index in [1.165, 1.54) is 32.0 Å². The van der Waals surface area contributed by atoms with Crippen molar-refractivity contribution in [3.63, 3.8) is 0 Å². The molecule has 0 bridgehead atoms. The maximum atomic E-state index is 14.1. The number of fused-ring (bicyclic) bond motifs is 1. The van der Waals surface area contributed by atoms with Crippen molar-refractivity contribution in [1.29, 1.82) is 0 Å². The minimum Gasteiger partial charge on any atom is -0.368 e. The molecule has 14 heteroatoms. The van der Waals surface area contributed by atoms with Gasteiger partial charge in [-0.1, -0.05) is 51.3 Å². The molecule has 1 fully saturated rings. The third kappa shape index (κ3) is 5.21. The molecular weight excluding hydrogens is 633 g/mol. The van der Waals surface area contributed by atoms with Gasteiger partial charge < -0.3 is 4.84 Å². The SMILES string of the molecule is CC(=O)ON1CCN(S(=O)(=O)c2cnc3n2C(C)(Cc2ccc(Br)cc2)C(=O)N3c2cc(Cl)cc(Cl)c2)CC1. The summed E-state index contributed by atoms with van der Waals surface area (Å²) < 4.78 is 31.6. The van der Waals surface area contributed by atoms with Gasteiger partial charge in [-0.25, -0.2) is 18.3 Å². The average Bonchev–Trinajstić information content (AvgIpc) is 3.39. The van der Waals surface area contributed by atoms with Gasteiger partial charge in [0.25, 0.3) is 15.9 Å². The van der Waals surface area contributed by atoms with Crippen LogP contribution in [0.4, 0.5) is 11.6 Å². The van der Waals surface area contributed by atoms with Crippen LogP contribution in [0.3, 0.4) is 0 Å². The van der Waals surface area contributed by atoms with Crippen LogP contribution in [0.25, 0.3) is 0 Å². The lowest BCUT2D eigenvalue weighted by molar-refractivity contribution is -0.192. The topological polar surface area (TPSA) is 105 Å². The van der Waals surface area contributed by atoms with Gasteiger partial charge in [0.15, 0.2) is 5.03 Å². The van der Waals surface area contributed by atoms with Crippen LogP contribution < -0.4 is 4.90 Å². The molecule has 1 atom stereocenters. The average molecular weight is 657 g/mol. The Labute approximate surface area is 244 Å². The monoisotopic (exact) mass is 655 g/mol. The summed E-state index contributed by atoms with van der Waals surface area (Å²) in [7, 11) is -4.08. The highest BCUT2D eigenvalue weighted by Gasteiger charge is 2.52. The highest BCUT2D eigenvalue weighted by molar-refractivity contribution is 9.10. The molecule has 2 aromatic carbocycles. The van der Waals surface area contributed by atoms with Crippen LogP contribution >= 0.6 is 39.1 Å². The molecule has 2 aliphatic rings. The van der Waals surface area contributed by atoms with Crippen molar-refractivity contribution in [2.24, 2.45) is 0 Å². The summed E-state index contributed by atoms with van der Waals surface area (Å²) in [5.74, 6) is -0.693. The predicted octanol–water partition coefficient (Wildman–Crippen LogP) is 4.37. The van der Waals surface area contributed by atoms with E-state index in [9.17, 15) is 18.0 Å². The number of carbonyl (C=O) groups excluding carboxylic acids is 2. The first-order chi connectivity index (χ1) is 18.4. The predicted molar refractivity (Wildman–Crippen MR) is 149 cm³/mol. The summed E-state index contributed by atoms with van der Waals surface area (Å²) in [4.78, 5) is 36.3. The number of nitrogens with zero attached hydrogens (tertiary/aromatic N) is 5. The van der Waals surface area contributed by atoms with Crippen LogP contribution in [-0.4, -0.2) is 65.4 Å². The van der Waals surface area contributed by atoms with Gasteiger partial charge in [0, 0.05) is 54.0 Å². The molecule has 10 nitrogen and oxygen atoms in total. The Bertz CT molecular complexity index is 1540. The lowest BCUT2D eigenvalue weighted by atomic mass is 9.92. The lowest BCUT2D eigenvalue weighted by Crippen LogP contribution is -2.50. The highest BCUT2D eigenvalue weighted by Crippen LogP contribution is 2.45. The number of rotatable bonds is 6. The molecule has 3 aromatic rings. The summed E-state index contributed by atoms with van der Waals surface area (Å²) in [5.41, 5.74) is -0.128. The van der Waals surface area contributed by atoms with E-state index in [0.717, 1.165) is 10.0 Å². The van der Waals surface area contributed by atoms with Gasteiger partial charge in [-0.05, 0) is 42.8 Å². The van der Waals surface area contributed by atoms with Gasteiger partial charge in [0.05, 0.1) is 11.9 Å². The van der Waals surface area contributed by atoms with Crippen LogP contribution in [0.15, 0.2) is 58.2 Å². The molecule has 0 aliphatic carbocycles. The number of amides is 1. The van der Waals surface area contributed by atoms with Crippen LogP contribution in [0.5, 0.6) is 0 Å². The first-order valence-electron chi connectivity index (χ1n) is 12.0. The van der Waals surface area contributed by atoms with Crippen molar-refractivity contribution >= 4 is 72.7 Å². The number of anilines is 2. The van der Waals surface area contributed by atoms with E-state index in [1.54, 1.807) is 25.1 Å². The Hall–Kier alpha value is -2.48. The van der Waals surface area contributed by atoms with Crippen molar-refractivity contribution in [2.45, 2.75) is 30.8 Å². The minimum atomic E-state index is -4.08. The Morgan fingerprint density at radius 2 is 1.69 bits per heavy atom. The van der Waals surface area contributed by atoms with Crippen LogP contribution in [0.2, 0.25) is 10.0 Å². The summed E-state index contributed by atoms with van der Waals surface area (Å²) in [6.07, 6.45) is 1.48. The zero-order chi connectivity index (χ0) is 28.1. The largest absolute Gasteiger partial charge is 0.368 e. The molecular formula is C25H24BrCl2N5O5S. The molecule has 1 aromatic heterocycles. The number of piperazine rings is 1. The van der Waals surface area contributed by atoms with Crippen molar-refractivity contribution in [3.8, 4) is 0 Å². The first-order valence-corrected chi connectivity index (χ1v) is 15.0.